The summed E-state index contributed by atoms with van der Waals surface area (Å²) in [6.07, 6.45) is 3.37. The third kappa shape index (κ3) is 4.63. The van der Waals surface area contributed by atoms with Crippen LogP contribution in [0, 0.1) is 0 Å². The van der Waals surface area contributed by atoms with Crippen molar-refractivity contribution in [3.05, 3.63) is 59.7 Å². The Labute approximate surface area is 151 Å². The first kappa shape index (κ1) is 19.1. The third-order valence-corrected chi connectivity index (χ3v) is 3.55. The van der Waals surface area contributed by atoms with Gasteiger partial charge in [0.2, 0.25) is 0 Å². The molecule has 6 heteroatoms. The molecular weight excluding hydrogens is 336 g/mol. The average molecular weight is 356 g/mol. The number of benzene rings is 2. The van der Waals surface area contributed by atoms with Gasteiger partial charge in [0.15, 0.2) is 11.6 Å². The summed E-state index contributed by atoms with van der Waals surface area (Å²) < 4.78 is 11.0. The van der Waals surface area contributed by atoms with Crippen LogP contribution in [0.5, 0.6) is 23.0 Å². The van der Waals surface area contributed by atoms with E-state index >= 15 is 0 Å². The first-order chi connectivity index (χ1) is 12.4. The number of rotatable bonds is 8. The maximum absolute atomic E-state index is 11.6. The van der Waals surface area contributed by atoms with Crippen molar-refractivity contribution >= 4 is 11.6 Å². The number of aromatic hydroxyl groups is 2. The van der Waals surface area contributed by atoms with Crippen LogP contribution in [0.25, 0.3) is 0 Å². The number of ketones is 2. The highest BCUT2D eigenvalue weighted by Gasteiger charge is 2.14. The van der Waals surface area contributed by atoms with E-state index in [1.165, 1.54) is 26.0 Å². The molecule has 0 fully saturated rings. The summed E-state index contributed by atoms with van der Waals surface area (Å²) in [6.45, 7) is 3.06. The maximum atomic E-state index is 11.6. The standard InChI is InChI=1S/C20H20O6/c1-13(21)19-15(23)7-5-9-17(19)25-11-3-4-12-26-18-10-6-8-16(24)20(18)14(2)22/h3-10,23-24H,11-12H2,1-2H3. The first-order valence-corrected chi connectivity index (χ1v) is 7.98. The van der Waals surface area contributed by atoms with Gasteiger partial charge in [-0.15, -0.1) is 0 Å². The molecule has 0 heterocycles. The molecule has 2 rings (SSSR count). The highest BCUT2D eigenvalue weighted by molar-refractivity contribution is 6.00. The van der Waals surface area contributed by atoms with E-state index in [4.69, 9.17) is 9.47 Å². The summed E-state index contributed by atoms with van der Waals surface area (Å²) in [4.78, 5) is 23.1. The van der Waals surface area contributed by atoms with Gasteiger partial charge in [0.25, 0.3) is 0 Å². The van der Waals surface area contributed by atoms with Crippen molar-refractivity contribution in [3.8, 4) is 23.0 Å². The fraction of sp³-hybridized carbons (Fsp3) is 0.200. The van der Waals surface area contributed by atoms with Crippen LogP contribution in [0.1, 0.15) is 34.6 Å². The average Bonchev–Trinajstić information content (AvgIpc) is 2.57. The number of ether oxygens (including phenoxy) is 2. The molecule has 0 atom stereocenters. The first-order valence-electron chi connectivity index (χ1n) is 7.98. The summed E-state index contributed by atoms with van der Waals surface area (Å²) >= 11 is 0. The van der Waals surface area contributed by atoms with Crippen molar-refractivity contribution in [1.29, 1.82) is 0 Å². The Morgan fingerprint density at radius 2 is 1.19 bits per heavy atom. The van der Waals surface area contributed by atoms with Crippen LogP contribution >= 0.6 is 0 Å². The van der Waals surface area contributed by atoms with Gasteiger partial charge in [-0.3, -0.25) is 9.59 Å². The summed E-state index contributed by atoms with van der Waals surface area (Å²) in [5.74, 6) is -0.215. The van der Waals surface area contributed by atoms with Gasteiger partial charge in [0.1, 0.15) is 47.3 Å². The van der Waals surface area contributed by atoms with Gasteiger partial charge < -0.3 is 19.7 Å². The van der Waals surface area contributed by atoms with Crippen LogP contribution in [0.2, 0.25) is 0 Å². The van der Waals surface area contributed by atoms with Gasteiger partial charge in [-0.05, 0) is 50.3 Å². The predicted octanol–water partition coefficient (Wildman–Crippen LogP) is 3.52. The SMILES string of the molecule is CC(=O)c1c(O)cccc1OCC=CCOc1cccc(O)c1C(C)=O. The Morgan fingerprint density at radius 3 is 1.54 bits per heavy atom. The fourth-order valence-corrected chi connectivity index (χ4v) is 2.40. The number of Topliss-reactive ketones (excluding diaryl/α,β-unsaturated/α-hetero) is 2. The van der Waals surface area contributed by atoms with E-state index in [2.05, 4.69) is 0 Å². The summed E-state index contributed by atoms with van der Waals surface area (Å²) in [5, 5.41) is 19.5. The molecule has 26 heavy (non-hydrogen) atoms. The molecule has 0 bridgehead atoms. The molecule has 0 saturated heterocycles. The third-order valence-electron chi connectivity index (χ3n) is 3.55. The van der Waals surface area contributed by atoms with Crippen LogP contribution in [-0.2, 0) is 0 Å². The Balaban J connectivity index is 1.92. The van der Waals surface area contributed by atoms with Crippen LogP contribution in [0.3, 0.4) is 0 Å². The number of hydrogen-bond acceptors (Lipinski definition) is 6. The Bertz CT molecular complexity index is 769. The second-order valence-corrected chi connectivity index (χ2v) is 5.51. The van der Waals surface area contributed by atoms with Crippen molar-refractivity contribution < 1.29 is 29.3 Å². The smallest absolute Gasteiger partial charge is 0.167 e. The summed E-state index contributed by atoms with van der Waals surface area (Å²) in [7, 11) is 0. The molecule has 0 saturated carbocycles. The lowest BCUT2D eigenvalue weighted by Crippen LogP contribution is -2.03. The molecule has 0 amide bonds. The highest BCUT2D eigenvalue weighted by Crippen LogP contribution is 2.28. The van der Waals surface area contributed by atoms with Crippen LogP contribution in [0.4, 0.5) is 0 Å². The minimum Gasteiger partial charge on any atom is -0.507 e. The number of carbonyl (C=O) groups excluding carboxylic acids is 2. The van der Waals surface area contributed by atoms with Crippen molar-refractivity contribution in [2.24, 2.45) is 0 Å². The van der Waals surface area contributed by atoms with E-state index in [1.807, 2.05) is 0 Å². The van der Waals surface area contributed by atoms with E-state index in [9.17, 15) is 19.8 Å². The Morgan fingerprint density at radius 1 is 0.808 bits per heavy atom. The minimum absolute atomic E-state index is 0.122. The molecule has 0 radical (unpaired) electrons. The molecule has 0 unspecified atom stereocenters. The van der Waals surface area contributed by atoms with E-state index < -0.39 is 0 Å². The highest BCUT2D eigenvalue weighted by atomic mass is 16.5. The quantitative estimate of drug-likeness (QED) is 0.555. The number of hydrogen-bond donors (Lipinski definition) is 2. The zero-order valence-corrected chi connectivity index (χ0v) is 14.6. The molecule has 2 aromatic rings. The molecule has 0 aromatic heterocycles. The van der Waals surface area contributed by atoms with Gasteiger partial charge in [-0.2, -0.15) is 0 Å². The van der Waals surface area contributed by atoms with E-state index in [0.717, 1.165) is 0 Å². The van der Waals surface area contributed by atoms with Gasteiger partial charge in [-0.1, -0.05) is 12.1 Å². The molecule has 2 N–H and O–H groups in total. The summed E-state index contributed by atoms with van der Waals surface area (Å²) in [5.41, 5.74) is 0.283. The van der Waals surface area contributed by atoms with Crippen molar-refractivity contribution in [3.63, 3.8) is 0 Å². The maximum Gasteiger partial charge on any atom is 0.167 e. The topological polar surface area (TPSA) is 93.1 Å². The van der Waals surface area contributed by atoms with Crippen molar-refractivity contribution in [2.45, 2.75) is 13.8 Å². The van der Waals surface area contributed by atoms with Crippen LogP contribution in [0.15, 0.2) is 48.6 Å². The Kier molecular flexibility index (Phi) is 6.38. The second-order valence-electron chi connectivity index (χ2n) is 5.51. The second kappa shape index (κ2) is 8.71. The van der Waals surface area contributed by atoms with Gasteiger partial charge in [-0.25, -0.2) is 0 Å². The molecule has 136 valence electrons. The minimum atomic E-state index is -0.286. The molecule has 2 aromatic carbocycles. The lowest BCUT2D eigenvalue weighted by molar-refractivity contribution is 0.0998. The fourth-order valence-electron chi connectivity index (χ4n) is 2.40. The number of phenols is 2. The lowest BCUT2D eigenvalue weighted by Gasteiger charge is -2.10. The summed E-state index contributed by atoms with van der Waals surface area (Å²) in [6, 6.07) is 9.24. The zero-order chi connectivity index (χ0) is 19.1. The number of phenolic OH excluding ortho intramolecular Hbond substituents is 2. The van der Waals surface area contributed by atoms with Gasteiger partial charge in [0.05, 0.1) is 0 Å². The van der Waals surface area contributed by atoms with E-state index in [1.54, 1.807) is 36.4 Å². The molecule has 0 aliphatic carbocycles. The molecule has 0 aliphatic rings. The van der Waals surface area contributed by atoms with Crippen molar-refractivity contribution in [1.82, 2.24) is 0 Å². The zero-order valence-electron chi connectivity index (χ0n) is 14.6. The Hall–Kier alpha value is -3.28. The largest absolute Gasteiger partial charge is 0.507 e. The molecular formula is C20H20O6. The van der Waals surface area contributed by atoms with E-state index in [0.29, 0.717) is 11.5 Å². The predicted molar refractivity (Wildman–Crippen MR) is 96.4 cm³/mol. The van der Waals surface area contributed by atoms with Crippen LogP contribution in [-0.4, -0.2) is 35.0 Å². The van der Waals surface area contributed by atoms with Gasteiger partial charge >= 0.3 is 0 Å². The number of carbonyl (C=O) groups is 2. The van der Waals surface area contributed by atoms with Crippen LogP contribution < -0.4 is 9.47 Å². The lowest BCUT2D eigenvalue weighted by atomic mass is 10.1. The van der Waals surface area contributed by atoms with E-state index in [-0.39, 0.29) is 47.4 Å². The molecule has 0 spiro atoms. The molecule has 6 nitrogen and oxygen atoms in total. The monoisotopic (exact) mass is 356 g/mol. The van der Waals surface area contributed by atoms with Crippen molar-refractivity contribution in [2.75, 3.05) is 13.2 Å². The normalized spacial score (nSPS) is 10.7. The van der Waals surface area contributed by atoms with Gasteiger partial charge in [0, 0.05) is 0 Å². The molecule has 0 aliphatic heterocycles.